The molecule has 90 valence electrons. The highest BCUT2D eigenvalue weighted by Gasteiger charge is 2.12. The minimum Gasteiger partial charge on any atom is -0.494 e. The number of benzene rings is 1. The van der Waals surface area contributed by atoms with Crippen molar-refractivity contribution in [1.82, 2.24) is 10.1 Å². The van der Waals surface area contributed by atoms with Crippen LogP contribution >= 0.6 is 0 Å². The van der Waals surface area contributed by atoms with Crippen LogP contribution in [-0.2, 0) is 0 Å². The smallest absolute Gasteiger partial charge is 0.255 e. The van der Waals surface area contributed by atoms with Gasteiger partial charge in [-0.15, -0.1) is 0 Å². The Hall–Kier alpha value is -1.88. The second kappa shape index (κ2) is 4.97. The summed E-state index contributed by atoms with van der Waals surface area (Å²) in [5.74, 6) is 1.41. The molecule has 0 unspecified atom stereocenters. The first-order chi connectivity index (χ1) is 8.20. The Morgan fingerprint density at radius 3 is 2.94 bits per heavy atom. The largest absolute Gasteiger partial charge is 0.494 e. The van der Waals surface area contributed by atoms with E-state index in [1.54, 1.807) is 6.92 Å². The average Bonchev–Trinajstić information content (AvgIpc) is 2.79. The number of aromatic nitrogens is 2. The third-order valence-corrected chi connectivity index (χ3v) is 2.20. The summed E-state index contributed by atoms with van der Waals surface area (Å²) in [5.41, 5.74) is 0.798. The molecule has 0 saturated heterocycles. The number of ether oxygens (including phenoxy) is 1. The lowest BCUT2D eigenvalue weighted by molar-refractivity contribution is 0.152. The van der Waals surface area contributed by atoms with Crippen molar-refractivity contribution in [3.8, 4) is 17.1 Å². The Morgan fingerprint density at radius 1 is 1.47 bits per heavy atom. The molecule has 0 saturated carbocycles. The number of aliphatic hydroxyl groups excluding tert-OH is 1. The molecule has 0 amide bonds. The molecule has 2 aromatic rings. The van der Waals surface area contributed by atoms with Gasteiger partial charge in [-0.1, -0.05) is 17.3 Å². The van der Waals surface area contributed by atoms with Gasteiger partial charge in [0.05, 0.1) is 6.61 Å². The maximum Gasteiger partial charge on any atom is 0.255 e. The maximum absolute atomic E-state index is 9.30. The van der Waals surface area contributed by atoms with Gasteiger partial charge in [0.15, 0.2) is 0 Å². The predicted octanol–water partition coefficient (Wildman–Crippen LogP) is 2.19. The molecule has 1 aromatic heterocycles. The van der Waals surface area contributed by atoms with Crippen LogP contribution < -0.4 is 4.74 Å². The van der Waals surface area contributed by atoms with Crippen molar-refractivity contribution in [2.45, 2.75) is 20.0 Å². The van der Waals surface area contributed by atoms with Crippen molar-refractivity contribution in [2.75, 3.05) is 6.61 Å². The number of hydrogen-bond donors (Lipinski definition) is 1. The van der Waals surface area contributed by atoms with Gasteiger partial charge in [-0.25, -0.2) is 0 Å². The van der Waals surface area contributed by atoms with Crippen LogP contribution in [0.4, 0.5) is 0 Å². The molecule has 17 heavy (non-hydrogen) atoms. The fourth-order valence-corrected chi connectivity index (χ4v) is 1.41. The lowest BCUT2D eigenvalue weighted by Gasteiger charge is -2.03. The number of rotatable bonds is 4. The Labute approximate surface area is 99.0 Å². The first-order valence-corrected chi connectivity index (χ1v) is 5.45. The van der Waals surface area contributed by atoms with Crippen molar-refractivity contribution >= 4 is 0 Å². The fourth-order valence-electron chi connectivity index (χ4n) is 1.41. The standard InChI is InChI=1S/C12H14N2O3/c1-3-16-10-6-4-5-9(7-10)11-13-12(8(2)15)17-14-11/h4-8,15H,3H2,1-2H3/t8-/m0/s1. The molecule has 0 fully saturated rings. The molecule has 1 heterocycles. The van der Waals surface area contributed by atoms with E-state index in [0.29, 0.717) is 12.4 Å². The van der Waals surface area contributed by atoms with Crippen molar-refractivity contribution in [3.05, 3.63) is 30.2 Å². The van der Waals surface area contributed by atoms with Gasteiger partial charge in [0.2, 0.25) is 5.82 Å². The maximum atomic E-state index is 9.30. The van der Waals surface area contributed by atoms with E-state index in [-0.39, 0.29) is 5.89 Å². The van der Waals surface area contributed by atoms with Crippen LogP contribution in [0.3, 0.4) is 0 Å². The van der Waals surface area contributed by atoms with Gasteiger partial charge in [0.25, 0.3) is 5.89 Å². The Morgan fingerprint density at radius 2 is 2.29 bits per heavy atom. The summed E-state index contributed by atoms with van der Waals surface area (Å²) in [6.45, 7) is 4.11. The summed E-state index contributed by atoms with van der Waals surface area (Å²) >= 11 is 0. The summed E-state index contributed by atoms with van der Waals surface area (Å²) in [5, 5.41) is 13.1. The summed E-state index contributed by atoms with van der Waals surface area (Å²) in [6.07, 6.45) is -0.758. The second-order valence-electron chi connectivity index (χ2n) is 3.59. The Kier molecular flexibility index (Phi) is 3.39. The van der Waals surface area contributed by atoms with E-state index < -0.39 is 6.10 Å². The highest BCUT2D eigenvalue weighted by atomic mass is 16.5. The Balaban J connectivity index is 2.28. The molecule has 0 aliphatic heterocycles. The van der Waals surface area contributed by atoms with E-state index in [0.717, 1.165) is 11.3 Å². The normalized spacial score (nSPS) is 12.4. The minimum atomic E-state index is -0.758. The van der Waals surface area contributed by atoms with Gasteiger partial charge in [-0.2, -0.15) is 4.98 Å². The second-order valence-corrected chi connectivity index (χ2v) is 3.59. The lowest BCUT2D eigenvalue weighted by Crippen LogP contribution is -1.92. The van der Waals surface area contributed by atoms with E-state index in [1.165, 1.54) is 0 Å². The first-order valence-electron chi connectivity index (χ1n) is 5.45. The van der Waals surface area contributed by atoms with Gasteiger partial charge in [-0.05, 0) is 26.0 Å². The highest BCUT2D eigenvalue weighted by molar-refractivity contribution is 5.56. The predicted molar refractivity (Wildman–Crippen MR) is 61.5 cm³/mol. The van der Waals surface area contributed by atoms with Crippen molar-refractivity contribution in [1.29, 1.82) is 0 Å². The van der Waals surface area contributed by atoms with Crippen LogP contribution in [0.25, 0.3) is 11.4 Å². The van der Waals surface area contributed by atoms with E-state index in [1.807, 2.05) is 31.2 Å². The third-order valence-electron chi connectivity index (χ3n) is 2.20. The fraction of sp³-hybridized carbons (Fsp3) is 0.333. The van der Waals surface area contributed by atoms with Gasteiger partial charge >= 0.3 is 0 Å². The van der Waals surface area contributed by atoms with Crippen molar-refractivity contribution < 1.29 is 14.4 Å². The molecule has 2 rings (SSSR count). The molecule has 0 aliphatic carbocycles. The first kappa shape index (κ1) is 11.6. The summed E-state index contributed by atoms with van der Waals surface area (Å²) in [4.78, 5) is 4.10. The summed E-state index contributed by atoms with van der Waals surface area (Å²) in [7, 11) is 0. The Bertz CT molecular complexity index is 494. The quantitative estimate of drug-likeness (QED) is 0.878. The van der Waals surface area contributed by atoms with Crippen LogP contribution in [0.15, 0.2) is 28.8 Å². The molecular formula is C12H14N2O3. The molecule has 5 nitrogen and oxygen atoms in total. The van der Waals surface area contributed by atoms with Crippen molar-refractivity contribution in [3.63, 3.8) is 0 Å². The number of hydrogen-bond acceptors (Lipinski definition) is 5. The van der Waals surface area contributed by atoms with Gasteiger partial charge in [-0.3, -0.25) is 0 Å². The molecule has 0 bridgehead atoms. The zero-order chi connectivity index (χ0) is 12.3. The lowest BCUT2D eigenvalue weighted by atomic mass is 10.2. The van der Waals surface area contributed by atoms with E-state index in [2.05, 4.69) is 10.1 Å². The number of nitrogens with zero attached hydrogens (tertiary/aromatic N) is 2. The molecule has 1 N–H and O–H groups in total. The van der Waals surface area contributed by atoms with Crippen molar-refractivity contribution in [2.24, 2.45) is 0 Å². The molecule has 0 aliphatic rings. The minimum absolute atomic E-state index is 0.210. The highest BCUT2D eigenvalue weighted by Crippen LogP contribution is 2.22. The third kappa shape index (κ3) is 2.62. The SMILES string of the molecule is CCOc1cccc(-c2noc([C@H](C)O)n2)c1. The average molecular weight is 234 g/mol. The van der Waals surface area contributed by atoms with Crippen LogP contribution in [0, 0.1) is 0 Å². The number of aliphatic hydroxyl groups is 1. The molecule has 1 aromatic carbocycles. The van der Waals surface area contributed by atoms with E-state index in [4.69, 9.17) is 9.26 Å². The zero-order valence-corrected chi connectivity index (χ0v) is 9.75. The van der Waals surface area contributed by atoms with Crippen LogP contribution in [0.5, 0.6) is 5.75 Å². The summed E-state index contributed by atoms with van der Waals surface area (Å²) < 4.78 is 10.3. The van der Waals surface area contributed by atoms with Crippen LogP contribution in [-0.4, -0.2) is 21.9 Å². The van der Waals surface area contributed by atoms with E-state index >= 15 is 0 Å². The summed E-state index contributed by atoms with van der Waals surface area (Å²) in [6, 6.07) is 7.42. The van der Waals surface area contributed by atoms with Crippen LogP contribution in [0.2, 0.25) is 0 Å². The molecular weight excluding hydrogens is 220 g/mol. The topological polar surface area (TPSA) is 68.4 Å². The van der Waals surface area contributed by atoms with Gasteiger partial charge in [0, 0.05) is 5.56 Å². The molecule has 0 radical (unpaired) electrons. The van der Waals surface area contributed by atoms with E-state index in [9.17, 15) is 5.11 Å². The molecule has 5 heteroatoms. The van der Waals surface area contributed by atoms with Gasteiger partial charge in [0.1, 0.15) is 11.9 Å². The monoisotopic (exact) mass is 234 g/mol. The zero-order valence-electron chi connectivity index (χ0n) is 9.75. The van der Waals surface area contributed by atoms with Gasteiger partial charge < -0.3 is 14.4 Å². The molecule has 0 spiro atoms. The van der Waals surface area contributed by atoms with Crippen LogP contribution in [0.1, 0.15) is 25.8 Å². The molecule has 1 atom stereocenters.